The fourth-order valence-corrected chi connectivity index (χ4v) is 2.17. The Labute approximate surface area is 107 Å². The third-order valence-electron chi connectivity index (χ3n) is 1.92. The summed E-state index contributed by atoms with van der Waals surface area (Å²) in [5.74, 6) is -1.00. The first kappa shape index (κ1) is 11.9. The molecule has 0 radical (unpaired) electrons. The van der Waals surface area contributed by atoms with Crippen LogP contribution in [0.3, 0.4) is 0 Å². The molecule has 0 spiro atoms. The van der Waals surface area contributed by atoms with Crippen molar-refractivity contribution in [3.63, 3.8) is 0 Å². The number of halogens is 1. The van der Waals surface area contributed by atoms with Crippen LogP contribution in [0.1, 0.15) is 10.4 Å². The Bertz CT molecular complexity index is 548. The first-order chi connectivity index (χ1) is 8.16. The van der Waals surface area contributed by atoms with Gasteiger partial charge in [0.1, 0.15) is 0 Å². The third-order valence-corrected chi connectivity index (χ3v) is 3.32. The molecule has 2 rings (SSSR count). The van der Waals surface area contributed by atoms with Crippen LogP contribution in [-0.2, 0) is 0 Å². The molecular weight excluding hydrogens is 260 g/mol. The smallest absolute Gasteiger partial charge is 0.335 e. The molecule has 0 fully saturated rings. The number of aromatic nitrogens is 2. The van der Waals surface area contributed by atoms with Crippen molar-refractivity contribution in [2.75, 3.05) is 0 Å². The van der Waals surface area contributed by atoms with Gasteiger partial charge in [-0.3, -0.25) is 0 Å². The van der Waals surface area contributed by atoms with Gasteiger partial charge in [0.2, 0.25) is 0 Å². The van der Waals surface area contributed by atoms with Gasteiger partial charge in [0, 0.05) is 17.3 Å². The summed E-state index contributed by atoms with van der Waals surface area (Å²) in [5, 5.41) is 9.74. The lowest BCUT2D eigenvalue weighted by atomic mass is 10.2. The topological polar surface area (TPSA) is 63.1 Å². The van der Waals surface area contributed by atoms with Crippen molar-refractivity contribution in [1.29, 1.82) is 0 Å². The Morgan fingerprint density at radius 2 is 2.00 bits per heavy atom. The average Bonchev–Trinajstić information content (AvgIpc) is 2.33. The fraction of sp³-hybridized carbons (Fsp3) is 0. The number of nitrogens with zero attached hydrogens (tertiary/aromatic N) is 2. The van der Waals surface area contributed by atoms with E-state index in [0.29, 0.717) is 10.2 Å². The zero-order valence-corrected chi connectivity index (χ0v) is 10.1. The lowest BCUT2D eigenvalue weighted by Crippen LogP contribution is -1.95. The van der Waals surface area contributed by atoms with E-state index in [1.165, 1.54) is 23.9 Å². The maximum Gasteiger partial charge on any atom is 0.335 e. The van der Waals surface area contributed by atoms with Gasteiger partial charge in [-0.05, 0) is 36.0 Å². The second kappa shape index (κ2) is 5.16. The Morgan fingerprint density at radius 1 is 1.29 bits per heavy atom. The Kier molecular flexibility index (Phi) is 3.61. The van der Waals surface area contributed by atoms with Crippen molar-refractivity contribution >= 4 is 29.3 Å². The van der Waals surface area contributed by atoms with Gasteiger partial charge in [-0.1, -0.05) is 11.6 Å². The van der Waals surface area contributed by atoms with Crippen molar-refractivity contribution in [3.8, 4) is 0 Å². The van der Waals surface area contributed by atoms with Gasteiger partial charge in [0.25, 0.3) is 0 Å². The molecule has 1 heterocycles. The van der Waals surface area contributed by atoms with Gasteiger partial charge >= 0.3 is 5.97 Å². The minimum atomic E-state index is -1.00. The van der Waals surface area contributed by atoms with Crippen LogP contribution in [-0.4, -0.2) is 21.0 Å². The van der Waals surface area contributed by atoms with Crippen molar-refractivity contribution < 1.29 is 9.90 Å². The van der Waals surface area contributed by atoms with E-state index < -0.39 is 5.97 Å². The van der Waals surface area contributed by atoms with Crippen molar-refractivity contribution in [2.45, 2.75) is 10.1 Å². The van der Waals surface area contributed by atoms with Gasteiger partial charge in [-0.15, -0.1) is 0 Å². The number of benzene rings is 1. The van der Waals surface area contributed by atoms with Gasteiger partial charge < -0.3 is 5.11 Å². The summed E-state index contributed by atoms with van der Waals surface area (Å²) >= 11 is 7.27. The first-order valence-electron chi connectivity index (χ1n) is 4.64. The average molecular weight is 267 g/mol. The van der Waals surface area contributed by atoms with Crippen LogP contribution in [0.2, 0.25) is 5.02 Å². The molecule has 0 aliphatic rings. The Morgan fingerprint density at radius 3 is 2.59 bits per heavy atom. The SMILES string of the molecule is O=C(O)c1ccc(Sc2ncccn2)c(Cl)c1. The van der Waals surface area contributed by atoms with E-state index in [2.05, 4.69) is 9.97 Å². The number of aromatic carboxylic acids is 1. The molecule has 0 atom stereocenters. The van der Waals surface area contributed by atoms with Crippen LogP contribution in [0.4, 0.5) is 0 Å². The summed E-state index contributed by atoms with van der Waals surface area (Å²) in [4.78, 5) is 19.6. The zero-order valence-electron chi connectivity index (χ0n) is 8.50. The number of rotatable bonds is 3. The van der Waals surface area contributed by atoms with Crippen molar-refractivity contribution in [1.82, 2.24) is 9.97 Å². The molecule has 0 unspecified atom stereocenters. The van der Waals surface area contributed by atoms with Crippen LogP contribution < -0.4 is 0 Å². The highest BCUT2D eigenvalue weighted by Crippen LogP contribution is 2.31. The highest BCUT2D eigenvalue weighted by molar-refractivity contribution is 7.99. The molecule has 2 aromatic rings. The second-order valence-electron chi connectivity index (χ2n) is 3.08. The van der Waals surface area contributed by atoms with Crippen molar-refractivity contribution in [2.24, 2.45) is 0 Å². The van der Waals surface area contributed by atoms with E-state index >= 15 is 0 Å². The summed E-state index contributed by atoms with van der Waals surface area (Å²) in [5.41, 5.74) is 0.160. The highest BCUT2D eigenvalue weighted by atomic mass is 35.5. The zero-order chi connectivity index (χ0) is 12.3. The van der Waals surface area contributed by atoms with E-state index in [-0.39, 0.29) is 5.56 Å². The maximum atomic E-state index is 10.7. The Balaban J connectivity index is 2.26. The lowest BCUT2D eigenvalue weighted by molar-refractivity contribution is 0.0697. The molecule has 0 bridgehead atoms. The summed E-state index contributed by atoms with van der Waals surface area (Å²) in [6.45, 7) is 0. The molecule has 1 N–H and O–H groups in total. The molecule has 1 aromatic heterocycles. The predicted octanol–water partition coefficient (Wildman–Crippen LogP) is 2.98. The van der Waals surface area contributed by atoms with E-state index in [1.54, 1.807) is 24.5 Å². The largest absolute Gasteiger partial charge is 0.478 e. The van der Waals surface area contributed by atoms with Crippen LogP contribution in [0.5, 0.6) is 0 Å². The normalized spacial score (nSPS) is 10.2. The number of hydrogen-bond acceptors (Lipinski definition) is 4. The molecule has 17 heavy (non-hydrogen) atoms. The Hall–Kier alpha value is -1.59. The van der Waals surface area contributed by atoms with Crippen LogP contribution in [0.15, 0.2) is 46.7 Å². The van der Waals surface area contributed by atoms with Crippen LogP contribution in [0.25, 0.3) is 0 Å². The van der Waals surface area contributed by atoms with Crippen LogP contribution in [0, 0.1) is 0 Å². The number of hydrogen-bond donors (Lipinski definition) is 1. The number of carboxylic acids is 1. The summed E-state index contributed by atoms with van der Waals surface area (Å²) in [6.07, 6.45) is 3.27. The first-order valence-corrected chi connectivity index (χ1v) is 5.84. The summed E-state index contributed by atoms with van der Waals surface area (Å²) in [6, 6.07) is 6.28. The van der Waals surface area contributed by atoms with E-state index in [9.17, 15) is 4.79 Å². The van der Waals surface area contributed by atoms with Gasteiger partial charge in [-0.2, -0.15) is 0 Å². The predicted molar refractivity (Wildman–Crippen MR) is 64.6 cm³/mol. The molecule has 0 amide bonds. The van der Waals surface area contributed by atoms with Gasteiger partial charge in [-0.25, -0.2) is 14.8 Å². The molecule has 0 aliphatic heterocycles. The molecule has 4 nitrogen and oxygen atoms in total. The molecule has 1 aromatic carbocycles. The number of carbonyl (C=O) groups is 1. The molecule has 0 saturated heterocycles. The fourth-order valence-electron chi connectivity index (χ4n) is 1.15. The third kappa shape index (κ3) is 2.95. The standard InChI is InChI=1S/C11H7ClN2O2S/c12-8-6-7(10(15)16)2-3-9(8)17-11-13-4-1-5-14-11/h1-6H,(H,15,16). The lowest BCUT2D eigenvalue weighted by Gasteiger charge is -2.03. The molecule has 6 heteroatoms. The van der Waals surface area contributed by atoms with Gasteiger partial charge in [0.05, 0.1) is 10.6 Å². The molecule has 86 valence electrons. The molecular formula is C11H7ClN2O2S. The molecule has 0 saturated carbocycles. The van der Waals surface area contributed by atoms with E-state index in [1.807, 2.05) is 0 Å². The van der Waals surface area contributed by atoms with Gasteiger partial charge in [0.15, 0.2) is 5.16 Å². The van der Waals surface area contributed by atoms with E-state index in [0.717, 1.165) is 4.90 Å². The minimum Gasteiger partial charge on any atom is -0.478 e. The molecule has 0 aliphatic carbocycles. The second-order valence-corrected chi connectivity index (χ2v) is 4.50. The minimum absolute atomic E-state index is 0.160. The maximum absolute atomic E-state index is 10.7. The van der Waals surface area contributed by atoms with Crippen LogP contribution >= 0.6 is 23.4 Å². The quantitative estimate of drug-likeness (QED) is 0.866. The van der Waals surface area contributed by atoms with E-state index in [4.69, 9.17) is 16.7 Å². The highest BCUT2D eigenvalue weighted by Gasteiger charge is 2.08. The summed E-state index contributed by atoms with van der Waals surface area (Å²) in [7, 11) is 0. The van der Waals surface area contributed by atoms with Crippen molar-refractivity contribution in [3.05, 3.63) is 47.2 Å². The number of carboxylic acid groups (broad SMARTS) is 1. The monoisotopic (exact) mass is 266 g/mol. The summed E-state index contributed by atoms with van der Waals surface area (Å²) < 4.78 is 0.